The van der Waals surface area contributed by atoms with E-state index in [4.69, 9.17) is 5.11 Å². The first kappa shape index (κ1) is 13.8. The number of carboxylic acid groups (broad SMARTS) is 1. The molecule has 2 aromatic carbocycles. The molecule has 3 heteroatoms. The monoisotopic (exact) mass is 281 g/mol. The molecule has 108 valence electrons. The molecule has 0 radical (unpaired) electrons. The molecule has 1 aliphatic rings. The lowest BCUT2D eigenvalue weighted by molar-refractivity contribution is 0.0696. The van der Waals surface area contributed by atoms with Gasteiger partial charge in [-0.25, -0.2) is 4.79 Å². The number of rotatable bonds is 5. The van der Waals surface area contributed by atoms with Crippen molar-refractivity contribution in [1.29, 1.82) is 0 Å². The highest BCUT2D eigenvalue weighted by atomic mass is 16.4. The average Bonchev–Trinajstić information content (AvgIpc) is 2.47. The minimum Gasteiger partial charge on any atom is -0.478 e. The Bertz CT molecular complexity index is 618. The minimum absolute atomic E-state index is 0.352. The van der Waals surface area contributed by atoms with E-state index in [0.717, 1.165) is 24.9 Å². The van der Waals surface area contributed by atoms with Crippen molar-refractivity contribution in [2.24, 2.45) is 0 Å². The van der Waals surface area contributed by atoms with Gasteiger partial charge in [-0.3, -0.25) is 0 Å². The van der Waals surface area contributed by atoms with E-state index in [1.54, 1.807) is 18.2 Å². The van der Waals surface area contributed by atoms with E-state index in [1.807, 2.05) is 12.1 Å². The van der Waals surface area contributed by atoms with Gasteiger partial charge >= 0.3 is 5.97 Å². The first-order chi connectivity index (χ1) is 10.2. The molecule has 0 amide bonds. The van der Waals surface area contributed by atoms with Crippen LogP contribution in [0.1, 0.15) is 40.2 Å². The van der Waals surface area contributed by atoms with Crippen LogP contribution in [0.3, 0.4) is 0 Å². The number of aromatic carboxylic acids is 1. The maximum absolute atomic E-state index is 10.9. The maximum Gasteiger partial charge on any atom is 0.335 e. The first-order valence-electron chi connectivity index (χ1n) is 7.33. The first-order valence-corrected chi connectivity index (χ1v) is 7.33. The number of hydrogen-bond donors (Lipinski definition) is 2. The highest BCUT2D eigenvalue weighted by Crippen LogP contribution is 2.36. The molecule has 3 nitrogen and oxygen atoms in total. The van der Waals surface area contributed by atoms with E-state index in [0.29, 0.717) is 17.5 Å². The zero-order valence-corrected chi connectivity index (χ0v) is 11.8. The largest absolute Gasteiger partial charge is 0.478 e. The molecule has 0 atom stereocenters. The van der Waals surface area contributed by atoms with Crippen molar-refractivity contribution in [3.8, 4) is 0 Å². The summed E-state index contributed by atoms with van der Waals surface area (Å²) in [6.45, 7) is 0.729. The van der Waals surface area contributed by atoms with Gasteiger partial charge in [-0.05, 0) is 42.0 Å². The molecule has 1 saturated carbocycles. The predicted molar refractivity (Wildman–Crippen MR) is 82.4 cm³/mol. The molecule has 1 fully saturated rings. The van der Waals surface area contributed by atoms with Crippen molar-refractivity contribution >= 4 is 5.97 Å². The van der Waals surface area contributed by atoms with Crippen molar-refractivity contribution < 1.29 is 9.90 Å². The van der Waals surface area contributed by atoms with Crippen LogP contribution in [0.25, 0.3) is 0 Å². The lowest BCUT2D eigenvalue weighted by Gasteiger charge is -2.36. The fourth-order valence-corrected chi connectivity index (χ4v) is 2.86. The molecule has 0 unspecified atom stereocenters. The van der Waals surface area contributed by atoms with Crippen LogP contribution in [0.2, 0.25) is 0 Å². The fraction of sp³-hybridized carbons (Fsp3) is 0.278. The molecule has 0 heterocycles. The van der Waals surface area contributed by atoms with Crippen LogP contribution in [-0.4, -0.2) is 17.1 Å². The Labute approximate surface area is 124 Å². The molecule has 2 aromatic rings. The van der Waals surface area contributed by atoms with Crippen molar-refractivity contribution in [3.05, 3.63) is 71.3 Å². The van der Waals surface area contributed by atoms with E-state index in [2.05, 4.69) is 29.6 Å². The molecule has 21 heavy (non-hydrogen) atoms. The van der Waals surface area contributed by atoms with Gasteiger partial charge in [0.15, 0.2) is 0 Å². The molecule has 0 spiro atoms. The van der Waals surface area contributed by atoms with Crippen LogP contribution in [0.5, 0.6) is 0 Å². The lowest BCUT2D eigenvalue weighted by Crippen LogP contribution is -2.39. The number of carbonyl (C=O) groups is 1. The SMILES string of the molecule is O=C(O)c1cccc(CNC2CC(c3ccccc3)C2)c1. The lowest BCUT2D eigenvalue weighted by atomic mass is 9.76. The van der Waals surface area contributed by atoms with E-state index in [1.165, 1.54) is 5.56 Å². The molecule has 1 aliphatic carbocycles. The quantitative estimate of drug-likeness (QED) is 0.883. The van der Waals surface area contributed by atoms with Crippen molar-refractivity contribution in [2.75, 3.05) is 0 Å². The summed E-state index contributed by atoms with van der Waals surface area (Å²) in [7, 11) is 0. The summed E-state index contributed by atoms with van der Waals surface area (Å²) in [5, 5.41) is 12.5. The Morgan fingerprint density at radius 2 is 1.86 bits per heavy atom. The Balaban J connectivity index is 1.49. The highest BCUT2D eigenvalue weighted by molar-refractivity contribution is 5.87. The molecule has 2 N–H and O–H groups in total. The highest BCUT2D eigenvalue weighted by Gasteiger charge is 2.29. The maximum atomic E-state index is 10.9. The van der Waals surface area contributed by atoms with Gasteiger partial charge in [-0.2, -0.15) is 0 Å². The van der Waals surface area contributed by atoms with Gasteiger partial charge < -0.3 is 10.4 Å². The number of nitrogens with one attached hydrogen (secondary N) is 1. The molecule has 0 saturated heterocycles. The van der Waals surface area contributed by atoms with E-state index >= 15 is 0 Å². The van der Waals surface area contributed by atoms with Gasteiger partial charge in [0.05, 0.1) is 5.56 Å². The van der Waals surface area contributed by atoms with Crippen molar-refractivity contribution in [3.63, 3.8) is 0 Å². The average molecular weight is 281 g/mol. The number of benzene rings is 2. The predicted octanol–water partition coefficient (Wildman–Crippen LogP) is 3.42. The van der Waals surface area contributed by atoms with Crippen LogP contribution < -0.4 is 5.32 Å². The van der Waals surface area contributed by atoms with E-state index in [-0.39, 0.29) is 0 Å². The van der Waals surface area contributed by atoms with E-state index in [9.17, 15) is 4.79 Å². The zero-order valence-electron chi connectivity index (χ0n) is 11.8. The van der Waals surface area contributed by atoms with Gasteiger partial charge in [0.1, 0.15) is 0 Å². The second kappa shape index (κ2) is 6.10. The summed E-state index contributed by atoms with van der Waals surface area (Å²) in [6, 6.07) is 18.3. The summed E-state index contributed by atoms with van der Waals surface area (Å²) in [5.41, 5.74) is 2.80. The van der Waals surface area contributed by atoms with Gasteiger partial charge in [0, 0.05) is 12.6 Å². The Hall–Kier alpha value is -2.13. The summed E-state index contributed by atoms with van der Waals surface area (Å²) in [4.78, 5) is 10.9. The third-order valence-corrected chi connectivity index (χ3v) is 4.18. The zero-order chi connectivity index (χ0) is 14.7. The van der Waals surface area contributed by atoms with Crippen molar-refractivity contribution in [1.82, 2.24) is 5.32 Å². The molecule has 0 bridgehead atoms. The Kier molecular flexibility index (Phi) is 4.02. The standard InChI is InChI=1S/C18H19NO2/c20-18(21)15-8-4-5-13(9-15)12-19-17-10-16(11-17)14-6-2-1-3-7-14/h1-9,16-17,19H,10-12H2,(H,20,21). The minimum atomic E-state index is -0.871. The second-order valence-corrected chi connectivity index (χ2v) is 5.66. The van der Waals surface area contributed by atoms with Crippen LogP contribution in [0, 0.1) is 0 Å². The van der Waals surface area contributed by atoms with Gasteiger partial charge in [-0.1, -0.05) is 42.5 Å². The topological polar surface area (TPSA) is 49.3 Å². The molecule has 0 aliphatic heterocycles. The Morgan fingerprint density at radius 1 is 1.10 bits per heavy atom. The third-order valence-electron chi connectivity index (χ3n) is 4.18. The second-order valence-electron chi connectivity index (χ2n) is 5.66. The molecule has 3 rings (SSSR count). The number of carboxylic acids is 1. The number of hydrogen-bond acceptors (Lipinski definition) is 2. The fourth-order valence-electron chi connectivity index (χ4n) is 2.86. The summed E-state index contributed by atoms with van der Waals surface area (Å²) in [5.74, 6) is -0.210. The normalized spacial score (nSPS) is 20.8. The van der Waals surface area contributed by atoms with Crippen molar-refractivity contribution in [2.45, 2.75) is 31.3 Å². The summed E-state index contributed by atoms with van der Waals surface area (Å²) >= 11 is 0. The van der Waals surface area contributed by atoms with Gasteiger partial charge in [0.2, 0.25) is 0 Å². The van der Waals surface area contributed by atoms with Crippen LogP contribution >= 0.6 is 0 Å². The third kappa shape index (κ3) is 3.31. The smallest absolute Gasteiger partial charge is 0.335 e. The van der Waals surface area contributed by atoms with Crippen LogP contribution in [-0.2, 0) is 6.54 Å². The van der Waals surface area contributed by atoms with Crippen LogP contribution in [0.15, 0.2) is 54.6 Å². The van der Waals surface area contributed by atoms with Gasteiger partial charge in [-0.15, -0.1) is 0 Å². The van der Waals surface area contributed by atoms with Gasteiger partial charge in [0.25, 0.3) is 0 Å². The Morgan fingerprint density at radius 3 is 2.57 bits per heavy atom. The van der Waals surface area contributed by atoms with Crippen LogP contribution in [0.4, 0.5) is 0 Å². The molecular weight excluding hydrogens is 262 g/mol. The molecular formula is C18H19NO2. The molecule has 0 aromatic heterocycles. The summed E-state index contributed by atoms with van der Waals surface area (Å²) < 4.78 is 0. The van der Waals surface area contributed by atoms with E-state index < -0.39 is 5.97 Å². The summed E-state index contributed by atoms with van der Waals surface area (Å²) in [6.07, 6.45) is 2.31.